The molecule has 2 aromatic heterocycles. The van der Waals surface area contributed by atoms with Crippen LogP contribution in [-0.4, -0.2) is 71.3 Å². The highest BCUT2D eigenvalue weighted by Gasteiger charge is 2.50. The predicted octanol–water partition coefficient (Wildman–Crippen LogP) is 5.16. The first kappa shape index (κ1) is 26.5. The van der Waals surface area contributed by atoms with Crippen LogP contribution >= 0.6 is 0 Å². The lowest BCUT2D eigenvalue weighted by Crippen LogP contribution is -2.51. The largest absolute Gasteiger partial charge is 0.463 e. The summed E-state index contributed by atoms with van der Waals surface area (Å²) in [6.07, 6.45) is 13.2. The van der Waals surface area contributed by atoms with E-state index in [1.54, 1.807) is 24.4 Å². The molecule has 0 radical (unpaired) electrons. The van der Waals surface area contributed by atoms with Crippen molar-refractivity contribution >= 4 is 27.5 Å². The monoisotopic (exact) mass is 592 g/mol. The van der Waals surface area contributed by atoms with Crippen LogP contribution in [0.4, 0.5) is 14.6 Å². The third kappa shape index (κ3) is 4.41. The third-order valence-corrected chi connectivity index (χ3v) is 10.6. The molecule has 7 nitrogen and oxygen atoms in total. The van der Waals surface area contributed by atoms with Crippen LogP contribution in [0.15, 0.2) is 36.5 Å². The number of pyridine rings is 1. The van der Waals surface area contributed by atoms with Crippen LogP contribution in [0.5, 0.6) is 6.01 Å². The van der Waals surface area contributed by atoms with Gasteiger partial charge in [-0.25, -0.2) is 8.78 Å². The molecule has 44 heavy (non-hydrogen) atoms. The average molecular weight is 593 g/mol. The second kappa shape index (κ2) is 9.82. The number of nitrogens with one attached hydrogen (secondary N) is 1. The number of piperidine rings is 1. The van der Waals surface area contributed by atoms with E-state index in [1.165, 1.54) is 25.6 Å². The van der Waals surface area contributed by atoms with Crippen molar-refractivity contribution in [1.29, 1.82) is 0 Å². The van der Waals surface area contributed by atoms with Gasteiger partial charge in [-0.15, -0.1) is 6.42 Å². The molecule has 0 amide bonds. The van der Waals surface area contributed by atoms with E-state index in [4.69, 9.17) is 16.1 Å². The van der Waals surface area contributed by atoms with E-state index in [2.05, 4.69) is 31.0 Å². The van der Waals surface area contributed by atoms with Crippen molar-refractivity contribution in [3.05, 3.63) is 53.7 Å². The smallest absolute Gasteiger partial charge is 0.319 e. The van der Waals surface area contributed by atoms with Crippen LogP contribution in [0.1, 0.15) is 37.7 Å². The normalized spacial score (nSPS) is 26.6. The molecule has 4 aromatic rings. The van der Waals surface area contributed by atoms with Gasteiger partial charge in [-0.3, -0.25) is 4.98 Å². The number of likely N-dealkylation sites (tertiary alicyclic amines) is 1. The highest BCUT2D eigenvalue weighted by atomic mass is 19.1. The van der Waals surface area contributed by atoms with Crippen molar-refractivity contribution in [2.75, 3.05) is 44.2 Å². The SMILES string of the molecule is C#Cc1c(F)ccc2cccc(-c3ncc4c(N5C[C@H]6CC[C@@H](C5)N6)nc(OCC5(CN6CC7CC7C6)CC5)nc4c3F)c12. The molecule has 3 saturated heterocycles. The lowest BCUT2D eigenvalue weighted by Gasteiger charge is -2.34. The second-order valence-corrected chi connectivity index (χ2v) is 13.8. The number of hydrogen-bond acceptors (Lipinski definition) is 7. The maximum atomic E-state index is 16.7. The average Bonchev–Trinajstić information content (AvgIpc) is 3.91. The van der Waals surface area contributed by atoms with E-state index < -0.39 is 11.6 Å². The zero-order valence-corrected chi connectivity index (χ0v) is 24.5. The summed E-state index contributed by atoms with van der Waals surface area (Å²) in [5.74, 6) is 3.79. The van der Waals surface area contributed by atoms with Crippen LogP contribution in [0.25, 0.3) is 32.9 Å². The van der Waals surface area contributed by atoms with Crippen molar-refractivity contribution in [1.82, 2.24) is 25.2 Å². The Balaban J connectivity index is 1.12. The zero-order chi connectivity index (χ0) is 29.6. The van der Waals surface area contributed by atoms with Crippen LogP contribution in [0.2, 0.25) is 0 Å². The Morgan fingerprint density at radius 1 is 1.02 bits per heavy atom. The minimum Gasteiger partial charge on any atom is -0.463 e. The van der Waals surface area contributed by atoms with Crippen LogP contribution in [-0.2, 0) is 0 Å². The number of fused-ring (bicyclic) bond motifs is 5. The maximum Gasteiger partial charge on any atom is 0.319 e. The molecule has 9 heteroatoms. The van der Waals surface area contributed by atoms with E-state index in [-0.39, 0.29) is 28.2 Å². The summed E-state index contributed by atoms with van der Waals surface area (Å²) in [5, 5.41) is 5.38. The van der Waals surface area contributed by atoms with E-state index >= 15 is 4.39 Å². The number of benzene rings is 2. The molecule has 4 atom stereocenters. The first-order chi connectivity index (χ1) is 21.5. The Kier molecular flexibility index (Phi) is 5.92. The second-order valence-electron chi connectivity index (χ2n) is 13.8. The van der Waals surface area contributed by atoms with Gasteiger partial charge in [-0.1, -0.05) is 30.2 Å². The van der Waals surface area contributed by atoms with Crippen LogP contribution < -0.4 is 15.0 Å². The molecule has 9 rings (SSSR count). The highest BCUT2D eigenvalue weighted by molar-refractivity contribution is 6.02. The first-order valence-corrected chi connectivity index (χ1v) is 15.9. The minimum absolute atomic E-state index is 0.0763. The maximum absolute atomic E-state index is 16.7. The fourth-order valence-corrected chi connectivity index (χ4v) is 8.02. The van der Waals surface area contributed by atoms with Gasteiger partial charge >= 0.3 is 6.01 Å². The molecule has 2 bridgehead atoms. The number of hydrogen-bond donors (Lipinski definition) is 1. The summed E-state index contributed by atoms with van der Waals surface area (Å²) in [4.78, 5) is 19.0. The molecule has 2 saturated carbocycles. The Morgan fingerprint density at radius 2 is 1.82 bits per heavy atom. The molecule has 5 fully saturated rings. The molecular formula is C35H34F2N6O. The van der Waals surface area contributed by atoms with Crippen molar-refractivity contribution in [2.24, 2.45) is 17.3 Å². The predicted molar refractivity (Wildman–Crippen MR) is 165 cm³/mol. The standard InChI is InChI=1S/C35H34F2N6O/c1-2-25-28(36)9-6-20-4-3-5-26(29(20)25)31-30(37)32-27(13-38-31)33(43-16-23-7-8-24(17-43)39-23)41-34(40-32)44-19-35(10-11-35)18-42-14-21-12-22(21)15-42/h1,3-6,9,13,21-24,39H,7-8,10-12,14-19H2/t21?,22?,23-,24+. The first-order valence-electron chi connectivity index (χ1n) is 15.9. The van der Waals surface area contributed by atoms with Gasteiger partial charge in [0.15, 0.2) is 5.82 Å². The number of piperazine rings is 1. The summed E-state index contributed by atoms with van der Waals surface area (Å²) in [6.45, 7) is 5.52. The Morgan fingerprint density at radius 3 is 2.57 bits per heavy atom. The number of terminal acetylenes is 1. The van der Waals surface area contributed by atoms with E-state index in [9.17, 15) is 4.39 Å². The molecule has 3 aliphatic heterocycles. The molecule has 0 spiro atoms. The van der Waals surface area contributed by atoms with Crippen LogP contribution in [0, 0.1) is 41.2 Å². The molecule has 224 valence electrons. The number of ether oxygens (including phenoxy) is 1. The van der Waals surface area contributed by atoms with Gasteiger partial charge in [0.2, 0.25) is 0 Å². The lowest BCUT2D eigenvalue weighted by atomic mass is 9.96. The lowest BCUT2D eigenvalue weighted by molar-refractivity contribution is 0.163. The quantitative estimate of drug-likeness (QED) is 0.298. The van der Waals surface area contributed by atoms with Crippen molar-refractivity contribution in [3.8, 4) is 29.6 Å². The molecule has 5 aliphatic rings. The van der Waals surface area contributed by atoms with Crippen molar-refractivity contribution in [2.45, 2.75) is 44.2 Å². The van der Waals surface area contributed by atoms with Crippen molar-refractivity contribution in [3.63, 3.8) is 0 Å². The number of nitrogens with zero attached hydrogens (tertiary/aromatic N) is 5. The van der Waals surface area contributed by atoms with Gasteiger partial charge in [0.05, 0.1) is 17.6 Å². The van der Waals surface area contributed by atoms with Gasteiger partial charge < -0.3 is 19.9 Å². The Bertz CT molecular complexity index is 1850. The van der Waals surface area contributed by atoms with E-state index in [0.29, 0.717) is 46.2 Å². The number of aromatic nitrogens is 3. The Hall–Kier alpha value is -3.87. The van der Waals surface area contributed by atoms with Gasteiger partial charge in [-0.2, -0.15) is 9.97 Å². The van der Waals surface area contributed by atoms with Gasteiger partial charge in [0.1, 0.15) is 22.8 Å². The molecule has 2 aliphatic carbocycles. The van der Waals surface area contributed by atoms with Gasteiger partial charge in [0.25, 0.3) is 0 Å². The summed E-state index contributed by atoms with van der Waals surface area (Å²) in [7, 11) is 0. The molecular weight excluding hydrogens is 558 g/mol. The Labute approximate surface area is 255 Å². The highest BCUT2D eigenvalue weighted by Crippen LogP contribution is 2.51. The fourth-order valence-electron chi connectivity index (χ4n) is 8.02. The summed E-state index contributed by atoms with van der Waals surface area (Å²) in [5.41, 5.74) is 0.865. The van der Waals surface area contributed by atoms with E-state index in [0.717, 1.165) is 57.2 Å². The minimum atomic E-state index is -0.591. The third-order valence-electron chi connectivity index (χ3n) is 10.6. The molecule has 1 N–H and O–H groups in total. The summed E-state index contributed by atoms with van der Waals surface area (Å²) in [6, 6.07) is 9.29. The summed E-state index contributed by atoms with van der Waals surface area (Å²) >= 11 is 0. The topological polar surface area (TPSA) is 66.4 Å². The molecule has 2 unspecified atom stereocenters. The van der Waals surface area contributed by atoms with Gasteiger partial charge in [0, 0.05) is 67.4 Å². The summed E-state index contributed by atoms with van der Waals surface area (Å²) < 4.78 is 37.9. The van der Waals surface area contributed by atoms with Crippen LogP contribution in [0.3, 0.4) is 0 Å². The number of anilines is 1. The van der Waals surface area contributed by atoms with Crippen molar-refractivity contribution < 1.29 is 13.5 Å². The number of rotatable bonds is 7. The number of halogens is 2. The van der Waals surface area contributed by atoms with E-state index in [1.807, 2.05) is 6.07 Å². The zero-order valence-electron chi connectivity index (χ0n) is 24.5. The fraction of sp³-hybridized carbons (Fsp3) is 0.457. The molecule has 5 heterocycles. The molecule has 2 aromatic carbocycles. The van der Waals surface area contributed by atoms with Gasteiger partial charge in [-0.05, 0) is 55.4 Å².